The van der Waals surface area contributed by atoms with Crippen LogP contribution in [0.15, 0.2) is 76.3 Å². The summed E-state index contributed by atoms with van der Waals surface area (Å²) in [6.45, 7) is 2.15. The molecule has 0 aliphatic rings. The molecule has 2 aromatic carbocycles. The lowest BCUT2D eigenvalue weighted by Gasteiger charge is -2.03. The number of aryl methyl sites for hydroxylation is 1. The smallest absolute Gasteiger partial charge is 0.237 e. The molecule has 134 valence electrons. The third-order valence-electron chi connectivity index (χ3n) is 4.14. The molecular formula is C21H18N4OS. The summed E-state index contributed by atoms with van der Waals surface area (Å²) in [5.41, 5.74) is 4.19. The van der Waals surface area contributed by atoms with Crippen molar-refractivity contribution in [1.82, 2.24) is 20.3 Å². The van der Waals surface area contributed by atoms with Gasteiger partial charge in [0.1, 0.15) is 5.03 Å². The highest BCUT2D eigenvalue weighted by molar-refractivity contribution is 7.98. The van der Waals surface area contributed by atoms with Gasteiger partial charge in [0.05, 0.1) is 11.4 Å². The zero-order valence-corrected chi connectivity index (χ0v) is 15.7. The van der Waals surface area contributed by atoms with E-state index in [9.17, 15) is 0 Å². The van der Waals surface area contributed by atoms with E-state index in [1.165, 1.54) is 17.3 Å². The van der Waals surface area contributed by atoms with Crippen LogP contribution in [0.1, 0.15) is 18.4 Å². The van der Waals surface area contributed by atoms with Gasteiger partial charge in [-0.15, -0.1) is 10.2 Å². The third-order valence-corrected chi connectivity index (χ3v) is 5.05. The van der Waals surface area contributed by atoms with E-state index < -0.39 is 0 Å². The summed E-state index contributed by atoms with van der Waals surface area (Å²) in [7, 11) is 0. The Morgan fingerprint density at radius 2 is 1.67 bits per heavy atom. The number of hydrogen-bond donors (Lipinski definition) is 0. The highest BCUT2D eigenvalue weighted by atomic mass is 32.2. The molecule has 0 saturated heterocycles. The fourth-order valence-corrected chi connectivity index (χ4v) is 3.27. The second-order valence-corrected chi connectivity index (χ2v) is 6.97. The van der Waals surface area contributed by atoms with E-state index in [0.717, 1.165) is 28.3 Å². The highest BCUT2D eigenvalue weighted by Crippen LogP contribution is 2.24. The van der Waals surface area contributed by atoms with Crippen molar-refractivity contribution in [3.05, 3.63) is 78.2 Å². The van der Waals surface area contributed by atoms with Crippen molar-refractivity contribution in [2.24, 2.45) is 0 Å². The highest BCUT2D eigenvalue weighted by Gasteiger charge is 2.09. The first-order valence-electron chi connectivity index (χ1n) is 8.75. The first-order valence-corrected chi connectivity index (χ1v) is 9.74. The van der Waals surface area contributed by atoms with Crippen LogP contribution < -0.4 is 0 Å². The minimum atomic E-state index is 0.555. The topological polar surface area (TPSA) is 64.7 Å². The van der Waals surface area contributed by atoms with E-state index in [4.69, 9.17) is 4.52 Å². The molecule has 2 heterocycles. The van der Waals surface area contributed by atoms with Gasteiger partial charge < -0.3 is 4.52 Å². The van der Waals surface area contributed by atoms with Gasteiger partial charge in [-0.05, 0) is 24.1 Å². The Kier molecular flexibility index (Phi) is 5.25. The lowest BCUT2D eigenvalue weighted by molar-refractivity contribution is 0.391. The summed E-state index contributed by atoms with van der Waals surface area (Å²) in [6.07, 6.45) is 1.03. The predicted octanol–water partition coefficient (Wildman–Crippen LogP) is 5.05. The molecule has 0 aliphatic carbocycles. The normalized spacial score (nSPS) is 10.9. The van der Waals surface area contributed by atoms with Crippen molar-refractivity contribution in [3.8, 4) is 22.6 Å². The molecule has 0 amide bonds. The third kappa shape index (κ3) is 4.23. The fourth-order valence-electron chi connectivity index (χ4n) is 2.62. The molecule has 4 aromatic rings. The first-order chi connectivity index (χ1) is 13.3. The zero-order valence-electron chi connectivity index (χ0n) is 14.9. The SMILES string of the molecule is CCc1ccc(-c2ccc(SCc3nc(-c4ccccc4)no3)nn2)cc1. The molecule has 0 saturated carbocycles. The van der Waals surface area contributed by atoms with Gasteiger partial charge in [0, 0.05) is 11.1 Å². The molecule has 0 unspecified atom stereocenters. The van der Waals surface area contributed by atoms with Crippen LogP contribution in [0.25, 0.3) is 22.6 Å². The second kappa shape index (κ2) is 8.14. The molecular weight excluding hydrogens is 356 g/mol. The van der Waals surface area contributed by atoms with E-state index in [1.807, 2.05) is 42.5 Å². The summed E-state index contributed by atoms with van der Waals surface area (Å²) >= 11 is 1.52. The van der Waals surface area contributed by atoms with E-state index in [2.05, 4.69) is 51.5 Å². The molecule has 0 bridgehead atoms. The van der Waals surface area contributed by atoms with Crippen molar-refractivity contribution in [2.45, 2.75) is 24.1 Å². The van der Waals surface area contributed by atoms with Gasteiger partial charge in [-0.3, -0.25) is 0 Å². The summed E-state index contributed by atoms with van der Waals surface area (Å²) < 4.78 is 5.33. The molecule has 0 aliphatic heterocycles. The van der Waals surface area contributed by atoms with Crippen LogP contribution in [0.3, 0.4) is 0 Å². The molecule has 2 aromatic heterocycles. The van der Waals surface area contributed by atoms with Gasteiger partial charge in [-0.25, -0.2) is 0 Å². The number of rotatable bonds is 6. The molecule has 0 radical (unpaired) electrons. The van der Waals surface area contributed by atoms with Gasteiger partial charge in [-0.2, -0.15) is 4.98 Å². The Bertz CT molecular complexity index is 999. The Morgan fingerprint density at radius 1 is 0.852 bits per heavy atom. The van der Waals surface area contributed by atoms with Crippen molar-refractivity contribution in [3.63, 3.8) is 0 Å². The summed E-state index contributed by atoms with van der Waals surface area (Å²) in [4.78, 5) is 4.43. The average Bonchev–Trinajstić information content (AvgIpc) is 3.22. The zero-order chi connectivity index (χ0) is 18.5. The number of thioether (sulfide) groups is 1. The maximum Gasteiger partial charge on any atom is 0.237 e. The summed E-state index contributed by atoms with van der Waals surface area (Å²) in [6, 6.07) is 22.1. The van der Waals surface area contributed by atoms with Crippen molar-refractivity contribution >= 4 is 11.8 Å². The molecule has 6 heteroatoms. The van der Waals surface area contributed by atoms with Crippen LogP contribution in [0.5, 0.6) is 0 Å². The van der Waals surface area contributed by atoms with Crippen LogP contribution >= 0.6 is 11.8 Å². The number of benzene rings is 2. The first kappa shape index (κ1) is 17.4. The standard InChI is InChI=1S/C21H18N4OS/c1-2-15-8-10-16(11-9-15)18-12-13-20(24-23-18)27-14-19-22-21(25-26-19)17-6-4-3-5-7-17/h3-13H,2,14H2,1H3. The monoisotopic (exact) mass is 374 g/mol. The lowest BCUT2D eigenvalue weighted by atomic mass is 10.1. The molecule has 0 N–H and O–H groups in total. The molecule has 0 spiro atoms. The second-order valence-electron chi connectivity index (χ2n) is 5.97. The van der Waals surface area contributed by atoms with Crippen molar-refractivity contribution in [2.75, 3.05) is 0 Å². The van der Waals surface area contributed by atoms with Gasteiger partial charge in [0.2, 0.25) is 11.7 Å². The van der Waals surface area contributed by atoms with E-state index in [-0.39, 0.29) is 0 Å². The van der Waals surface area contributed by atoms with Crippen LogP contribution in [-0.2, 0) is 12.2 Å². The van der Waals surface area contributed by atoms with Gasteiger partial charge in [0.25, 0.3) is 0 Å². The number of nitrogens with zero attached hydrogens (tertiary/aromatic N) is 4. The van der Waals surface area contributed by atoms with Crippen molar-refractivity contribution in [1.29, 1.82) is 0 Å². The molecule has 0 fully saturated rings. The summed E-state index contributed by atoms with van der Waals surface area (Å²) in [5, 5.41) is 13.5. The minimum Gasteiger partial charge on any atom is -0.338 e. The van der Waals surface area contributed by atoms with E-state index >= 15 is 0 Å². The Labute approximate surface area is 161 Å². The maximum absolute atomic E-state index is 5.33. The Morgan fingerprint density at radius 3 is 2.37 bits per heavy atom. The quantitative estimate of drug-likeness (QED) is 0.440. The van der Waals surface area contributed by atoms with Crippen LogP contribution in [0, 0.1) is 0 Å². The van der Waals surface area contributed by atoms with E-state index in [0.29, 0.717) is 17.5 Å². The number of hydrogen-bond acceptors (Lipinski definition) is 6. The van der Waals surface area contributed by atoms with Crippen LogP contribution in [0.2, 0.25) is 0 Å². The average molecular weight is 374 g/mol. The van der Waals surface area contributed by atoms with E-state index in [1.54, 1.807) is 0 Å². The lowest BCUT2D eigenvalue weighted by Crippen LogP contribution is -1.91. The molecule has 27 heavy (non-hydrogen) atoms. The fraction of sp³-hybridized carbons (Fsp3) is 0.143. The van der Waals surface area contributed by atoms with Gasteiger partial charge >= 0.3 is 0 Å². The van der Waals surface area contributed by atoms with Crippen LogP contribution in [-0.4, -0.2) is 20.3 Å². The minimum absolute atomic E-state index is 0.555. The molecule has 4 rings (SSSR count). The Balaban J connectivity index is 1.39. The molecule has 5 nitrogen and oxygen atoms in total. The molecule has 0 atom stereocenters. The predicted molar refractivity (Wildman–Crippen MR) is 106 cm³/mol. The largest absolute Gasteiger partial charge is 0.338 e. The van der Waals surface area contributed by atoms with Gasteiger partial charge in [0.15, 0.2) is 0 Å². The van der Waals surface area contributed by atoms with Crippen LogP contribution in [0.4, 0.5) is 0 Å². The maximum atomic E-state index is 5.33. The number of aromatic nitrogens is 4. The summed E-state index contributed by atoms with van der Waals surface area (Å²) in [5.74, 6) is 1.72. The van der Waals surface area contributed by atoms with Crippen molar-refractivity contribution < 1.29 is 4.52 Å². The Hall–Kier alpha value is -2.99. The van der Waals surface area contributed by atoms with Gasteiger partial charge in [-0.1, -0.05) is 78.4 Å².